The van der Waals surface area contributed by atoms with Crippen LogP contribution in [0.2, 0.25) is 0 Å². The Balaban J connectivity index is 2.81. The molecule has 1 N–H and O–H groups in total. The molecule has 0 amide bonds. The van der Waals surface area contributed by atoms with Crippen molar-refractivity contribution in [3.05, 3.63) is 29.8 Å². The normalized spacial score (nSPS) is 12.3. The Kier molecular flexibility index (Phi) is 6.36. The van der Waals surface area contributed by atoms with Gasteiger partial charge < -0.3 is 14.8 Å². The van der Waals surface area contributed by atoms with Crippen molar-refractivity contribution >= 4 is 5.97 Å². The van der Waals surface area contributed by atoms with Crippen molar-refractivity contribution in [3.8, 4) is 5.75 Å². The third-order valence-corrected chi connectivity index (χ3v) is 2.52. The Morgan fingerprint density at radius 1 is 1.21 bits per heavy atom. The molecule has 0 saturated carbocycles. The van der Waals surface area contributed by atoms with Crippen LogP contribution < -0.4 is 10.1 Å². The lowest BCUT2D eigenvalue weighted by atomic mass is 10.1. The molecule has 0 spiro atoms. The Morgan fingerprint density at radius 2 is 1.84 bits per heavy atom. The molecule has 4 heteroatoms. The third kappa shape index (κ3) is 4.91. The van der Waals surface area contributed by atoms with Crippen LogP contribution in [0.1, 0.15) is 39.3 Å². The Morgan fingerprint density at radius 3 is 2.32 bits per heavy atom. The fourth-order valence-electron chi connectivity index (χ4n) is 1.78. The molecule has 19 heavy (non-hydrogen) atoms. The lowest BCUT2D eigenvalue weighted by molar-refractivity contribution is -0.145. The zero-order valence-corrected chi connectivity index (χ0v) is 12.1. The predicted octanol–water partition coefficient (Wildman–Crippen LogP) is 2.69. The molecular formula is C15H23NO3. The van der Waals surface area contributed by atoms with Gasteiger partial charge >= 0.3 is 5.97 Å². The van der Waals surface area contributed by atoms with E-state index < -0.39 is 6.04 Å². The van der Waals surface area contributed by atoms with E-state index in [9.17, 15) is 4.79 Å². The SMILES string of the molecule is CCNC(C(=O)OCC)c1ccc(OC(C)C)cc1. The van der Waals surface area contributed by atoms with E-state index in [1.54, 1.807) is 6.92 Å². The molecule has 1 rings (SSSR count). The van der Waals surface area contributed by atoms with Gasteiger partial charge in [0, 0.05) is 0 Å². The van der Waals surface area contributed by atoms with Crippen LogP contribution in [0, 0.1) is 0 Å². The van der Waals surface area contributed by atoms with E-state index in [4.69, 9.17) is 9.47 Å². The highest BCUT2D eigenvalue weighted by Crippen LogP contribution is 2.20. The summed E-state index contributed by atoms with van der Waals surface area (Å²) >= 11 is 0. The minimum absolute atomic E-state index is 0.139. The Hall–Kier alpha value is -1.55. The molecule has 106 valence electrons. The molecule has 1 aromatic carbocycles. The number of benzene rings is 1. The molecule has 0 bridgehead atoms. The van der Waals surface area contributed by atoms with E-state index in [0.717, 1.165) is 11.3 Å². The van der Waals surface area contributed by atoms with Gasteiger partial charge in [-0.1, -0.05) is 19.1 Å². The Labute approximate surface area is 115 Å². The molecule has 0 saturated heterocycles. The zero-order chi connectivity index (χ0) is 14.3. The number of ether oxygens (including phenoxy) is 2. The lowest BCUT2D eigenvalue weighted by Gasteiger charge is -2.17. The number of likely N-dealkylation sites (N-methyl/N-ethyl adjacent to an activating group) is 1. The summed E-state index contributed by atoms with van der Waals surface area (Å²) in [6.07, 6.45) is 0.139. The van der Waals surface area contributed by atoms with Gasteiger partial charge in [-0.05, 0) is 45.0 Å². The summed E-state index contributed by atoms with van der Waals surface area (Å²) in [4.78, 5) is 11.9. The molecule has 0 heterocycles. The largest absolute Gasteiger partial charge is 0.491 e. The van der Waals surface area contributed by atoms with Crippen LogP contribution in [0.15, 0.2) is 24.3 Å². The second-order valence-corrected chi connectivity index (χ2v) is 4.48. The first-order chi connectivity index (χ1) is 9.08. The fourth-order valence-corrected chi connectivity index (χ4v) is 1.78. The second kappa shape index (κ2) is 7.79. The van der Waals surface area contributed by atoms with Crippen molar-refractivity contribution in [2.75, 3.05) is 13.2 Å². The lowest BCUT2D eigenvalue weighted by Crippen LogP contribution is -2.30. The third-order valence-electron chi connectivity index (χ3n) is 2.52. The number of hydrogen-bond acceptors (Lipinski definition) is 4. The van der Waals surface area contributed by atoms with E-state index in [1.165, 1.54) is 0 Å². The molecule has 0 aliphatic heterocycles. The topological polar surface area (TPSA) is 47.6 Å². The van der Waals surface area contributed by atoms with Crippen LogP contribution in [0.5, 0.6) is 5.75 Å². The standard InChI is InChI=1S/C15H23NO3/c1-5-16-14(15(17)18-6-2)12-7-9-13(10-8-12)19-11(3)4/h7-11,14,16H,5-6H2,1-4H3. The summed E-state index contributed by atoms with van der Waals surface area (Å²) < 4.78 is 10.7. The maximum Gasteiger partial charge on any atom is 0.327 e. The maximum absolute atomic E-state index is 11.9. The summed E-state index contributed by atoms with van der Waals surface area (Å²) in [5, 5.41) is 3.13. The van der Waals surface area contributed by atoms with E-state index >= 15 is 0 Å². The highest BCUT2D eigenvalue weighted by atomic mass is 16.5. The number of carbonyl (C=O) groups is 1. The van der Waals surface area contributed by atoms with Gasteiger partial charge in [0.15, 0.2) is 0 Å². The van der Waals surface area contributed by atoms with E-state index in [2.05, 4.69) is 5.32 Å². The molecule has 0 aliphatic rings. The van der Waals surface area contributed by atoms with E-state index in [1.807, 2.05) is 45.0 Å². The Bertz CT molecular complexity index is 387. The minimum atomic E-state index is -0.418. The molecule has 0 aromatic heterocycles. The summed E-state index contributed by atoms with van der Waals surface area (Å²) in [7, 11) is 0. The summed E-state index contributed by atoms with van der Waals surface area (Å²) in [5.74, 6) is 0.555. The van der Waals surface area contributed by atoms with Crippen molar-refractivity contribution in [2.24, 2.45) is 0 Å². The fraction of sp³-hybridized carbons (Fsp3) is 0.533. The van der Waals surface area contributed by atoms with Crippen LogP contribution in [-0.4, -0.2) is 25.2 Å². The van der Waals surface area contributed by atoms with Crippen molar-refractivity contribution < 1.29 is 14.3 Å². The quantitative estimate of drug-likeness (QED) is 0.770. The molecular weight excluding hydrogens is 242 g/mol. The highest BCUT2D eigenvalue weighted by molar-refractivity contribution is 5.77. The minimum Gasteiger partial charge on any atom is -0.491 e. The average Bonchev–Trinajstić information content (AvgIpc) is 2.36. The van der Waals surface area contributed by atoms with Crippen LogP contribution in [0.3, 0.4) is 0 Å². The summed E-state index contributed by atoms with van der Waals surface area (Å²) in [6.45, 7) is 8.81. The number of esters is 1. The highest BCUT2D eigenvalue weighted by Gasteiger charge is 2.20. The molecule has 1 aromatic rings. The van der Waals surface area contributed by atoms with Crippen LogP contribution in [0.4, 0.5) is 0 Å². The molecule has 1 atom stereocenters. The zero-order valence-electron chi connectivity index (χ0n) is 12.1. The predicted molar refractivity (Wildman–Crippen MR) is 75.3 cm³/mol. The second-order valence-electron chi connectivity index (χ2n) is 4.48. The summed E-state index contributed by atoms with van der Waals surface area (Å²) in [6, 6.07) is 7.11. The monoisotopic (exact) mass is 265 g/mol. The average molecular weight is 265 g/mol. The maximum atomic E-state index is 11.9. The van der Waals surface area contributed by atoms with Gasteiger partial charge in [-0.15, -0.1) is 0 Å². The smallest absolute Gasteiger partial charge is 0.327 e. The van der Waals surface area contributed by atoms with Crippen LogP contribution in [0.25, 0.3) is 0 Å². The van der Waals surface area contributed by atoms with Gasteiger partial charge in [0.2, 0.25) is 0 Å². The van der Waals surface area contributed by atoms with Gasteiger partial charge in [-0.3, -0.25) is 0 Å². The van der Waals surface area contributed by atoms with Crippen LogP contribution >= 0.6 is 0 Å². The van der Waals surface area contributed by atoms with Crippen molar-refractivity contribution in [3.63, 3.8) is 0 Å². The van der Waals surface area contributed by atoms with Crippen molar-refractivity contribution in [2.45, 2.75) is 39.8 Å². The molecule has 1 unspecified atom stereocenters. The van der Waals surface area contributed by atoms with Crippen LogP contribution in [-0.2, 0) is 9.53 Å². The van der Waals surface area contributed by atoms with E-state index in [-0.39, 0.29) is 12.1 Å². The molecule has 4 nitrogen and oxygen atoms in total. The summed E-state index contributed by atoms with van der Waals surface area (Å²) in [5.41, 5.74) is 0.886. The van der Waals surface area contributed by atoms with E-state index in [0.29, 0.717) is 13.2 Å². The number of rotatable bonds is 7. The van der Waals surface area contributed by atoms with Gasteiger partial charge in [0.25, 0.3) is 0 Å². The van der Waals surface area contributed by atoms with Gasteiger partial charge in [0.05, 0.1) is 12.7 Å². The molecule has 0 fully saturated rings. The molecule has 0 aliphatic carbocycles. The van der Waals surface area contributed by atoms with Gasteiger partial charge in [-0.2, -0.15) is 0 Å². The number of carbonyl (C=O) groups excluding carboxylic acids is 1. The first kappa shape index (κ1) is 15.5. The van der Waals surface area contributed by atoms with Crippen molar-refractivity contribution in [1.82, 2.24) is 5.32 Å². The van der Waals surface area contributed by atoms with Crippen molar-refractivity contribution in [1.29, 1.82) is 0 Å². The number of nitrogens with one attached hydrogen (secondary N) is 1. The van der Waals surface area contributed by atoms with Gasteiger partial charge in [-0.25, -0.2) is 4.79 Å². The van der Waals surface area contributed by atoms with Gasteiger partial charge in [0.1, 0.15) is 11.8 Å². The first-order valence-corrected chi connectivity index (χ1v) is 6.75. The molecule has 0 radical (unpaired) electrons. The number of hydrogen-bond donors (Lipinski definition) is 1. The first-order valence-electron chi connectivity index (χ1n) is 6.75.